The summed E-state index contributed by atoms with van der Waals surface area (Å²) in [4.78, 5) is 29.2. The lowest BCUT2D eigenvalue weighted by Crippen LogP contribution is -2.56. The highest BCUT2D eigenvalue weighted by Crippen LogP contribution is 2.19. The van der Waals surface area contributed by atoms with Crippen molar-refractivity contribution in [1.29, 1.82) is 0 Å². The number of carbonyl (C=O) groups excluding carboxylic acids is 2. The fourth-order valence-electron chi connectivity index (χ4n) is 4.00. The first-order valence-electron chi connectivity index (χ1n) is 10.6. The van der Waals surface area contributed by atoms with Crippen molar-refractivity contribution in [2.24, 2.45) is 5.92 Å². The number of hydrogen-bond acceptors (Lipinski definition) is 5. The van der Waals surface area contributed by atoms with Crippen LogP contribution in [0.2, 0.25) is 0 Å². The SMILES string of the molecule is CCOc1ccc(CN2CCNC(=O)[C@H]2CC(=O)N(C)CC2CCOCC2)cc1. The van der Waals surface area contributed by atoms with Gasteiger partial charge in [0, 0.05) is 46.4 Å². The van der Waals surface area contributed by atoms with Crippen LogP contribution in [0.1, 0.15) is 31.7 Å². The van der Waals surface area contributed by atoms with Crippen molar-refractivity contribution in [2.75, 3.05) is 46.5 Å². The van der Waals surface area contributed by atoms with Gasteiger partial charge in [0.15, 0.2) is 0 Å². The predicted octanol–water partition coefficient (Wildman–Crippen LogP) is 1.66. The number of nitrogens with zero attached hydrogens (tertiary/aromatic N) is 2. The third-order valence-electron chi connectivity index (χ3n) is 5.73. The summed E-state index contributed by atoms with van der Waals surface area (Å²) in [6.07, 6.45) is 2.19. The smallest absolute Gasteiger partial charge is 0.237 e. The van der Waals surface area contributed by atoms with Crippen molar-refractivity contribution in [3.8, 4) is 5.75 Å². The molecule has 0 aliphatic carbocycles. The number of benzene rings is 1. The van der Waals surface area contributed by atoms with Crippen molar-refractivity contribution in [1.82, 2.24) is 15.1 Å². The Hall–Kier alpha value is -2.12. The lowest BCUT2D eigenvalue weighted by molar-refractivity contribution is -0.138. The number of rotatable bonds is 8. The maximum atomic E-state index is 12.8. The summed E-state index contributed by atoms with van der Waals surface area (Å²) in [5.41, 5.74) is 1.11. The van der Waals surface area contributed by atoms with Gasteiger partial charge >= 0.3 is 0 Å². The topological polar surface area (TPSA) is 71.1 Å². The van der Waals surface area contributed by atoms with Gasteiger partial charge in [-0.2, -0.15) is 0 Å². The Morgan fingerprint density at radius 2 is 2.00 bits per heavy atom. The molecule has 29 heavy (non-hydrogen) atoms. The molecule has 0 saturated carbocycles. The van der Waals surface area contributed by atoms with E-state index in [0.717, 1.165) is 50.5 Å². The molecule has 3 rings (SSSR count). The van der Waals surface area contributed by atoms with Gasteiger partial charge in [-0.25, -0.2) is 0 Å². The fourth-order valence-corrected chi connectivity index (χ4v) is 4.00. The zero-order valence-corrected chi connectivity index (χ0v) is 17.6. The molecule has 7 nitrogen and oxygen atoms in total. The molecule has 2 fully saturated rings. The predicted molar refractivity (Wildman–Crippen MR) is 111 cm³/mol. The van der Waals surface area contributed by atoms with Gasteiger partial charge in [-0.1, -0.05) is 12.1 Å². The summed E-state index contributed by atoms with van der Waals surface area (Å²) in [6, 6.07) is 7.51. The molecule has 2 saturated heterocycles. The summed E-state index contributed by atoms with van der Waals surface area (Å²) in [5, 5.41) is 2.91. The molecule has 1 aromatic rings. The van der Waals surface area contributed by atoms with E-state index in [0.29, 0.717) is 25.6 Å². The molecule has 0 unspecified atom stereocenters. The van der Waals surface area contributed by atoms with Gasteiger partial charge in [0.25, 0.3) is 0 Å². The maximum absolute atomic E-state index is 12.8. The first-order chi connectivity index (χ1) is 14.1. The van der Waals surface area contributed by atoms with Crippen molar-refractivity contribution >= 4 is 11.8 Å². The largest absolute Gasteiger partial charge is 0.494 e. The molecule has 1 atom stereocenters. The van der Waals surface area contributed by atoms with Crippen molar-refractivity contribution in [3.05, 3.63) is 29.8 Å². The van der Waals surface area contributed by atoms with Crippen LogP contribution in [0.3, 0.4) is 0 Å². The average Bonchev–Trinajstić information content (AvgIpc) is 2.73. The van der Waals surface area contributed by atoms with E-state index in [2.05, 4.69) is 10.2 Å². The van der Waals surface area contributed by atoms with Crippen LogP contribution in [-0.2, 0) is 20.9 Å². The molecule has 0 aromatic heterocycles. The molecular weight excluding hydrogens is 370 g/mol. The van der Waals surface area contributed by atoms with Crippen LogP contribution in [0, 0.1) is 5.92 Å². The van der Waals surface area contributed by atoms with Gasteiger partial charge in [-0.15, -0.1) is 0 Å². The second kappa shape index (κ2) is 10.6. The summed E-state index contributed by atoms with van der Waals surface area (Å²) in [6.45, 7) is 6.86. The van der Waals surface area contributed by atoms with Crippen molar-refractivity contribution in [2.45, 2.75) is 38.8 Å². The number of nitrogens with one attached hydrogen (secondary N) is 1. The van der Waals surface area contributed by atoms with E-state index in [1.807, 2.05) is 38.2 Å². The van der Waals surface area contributed by atoms with E-state index >= 15 is 0 Å². The molecule has 0 bridgehead atoms. The van der Waals surface area contributed by atoms with Gasteiger partial charge in [0.2, 0.25) is 11.8 Å². The van der Waals surface area contributed by atoms with E-state index in [4.69, 9.17) is 9.47 Å². The molecule has 2 aliphatic rings. The number of carbonyl (C=O) groups is 2. The second-order valence-corrected chi connectivity index (χ2v) is 7.89. The first-order valence-corrected chi connectivity index (χ1v) is 10.6. The van der Waals surface area contributed by atoms with Crippen LogP contribution in [-0.4, -0.2) is 74.2 Å². The third-order valence-corrected chi connectivity index (χ3v) is 5.73. The van der Waals surface area contributed by atoms with Crippen LogP contribution in [0.25, 0.3) is 0 Å². The molecule has 160 valence electrons. The summed E-state index contributed by atoms with van der Waals surface area (Å²) < 4.78 is 10.9. The lowest BCUT2D eigenvalue weighted by atomic mass is 9.99. The van der Waals surface area contributed by atoms with Crippen LogP contribution >= 0.6 is 0 Å². The summed E-state index contributed by atoms with van der Waals surface area (Å²) >= 11 is 0. The Balaban J connectivity index is 1.58. The maximum Gasteiger partial charge on any atom is 0.237 e. The second-order valence-electron chi connectivity index (χ2n) is 7.89. The summed E-state index contributed by atoms with van der Waals surface area (Å²) in [7, 11) is 1.84. The van der Waals surface area contributed by atoms with Gasteiger partial charge in [0.05, 0.1) is 19.1 Å². The Bertz CT molecular complexity index is 673. The molecule has 0 radical (unpaired) electrons. The monoisotopic (exact) mass is 403 g/mol. The molecule has 1 aromatic carbocycles. The van der Waals surface area contributed by atoms with Crippen molar-refractivity contribution in [3.63, 3.8) is 0 Å². The third kappa shape index (κ3) is 6.18. The summed E-state index contributed by atoms with van der Waals surface area (Å²) in [5.74, 6) is 1.29. The standard InChI is InChI=1S/C22H33N3O4/c1-3-29-19-6-4-17(5-7-19)16-25-11-10-23-22(27)20(25)14-21(26)24(2)15-18-8-12-28-13-9-18/h4-7,18,20H,3,8-16H2,1-2H3,(H,23,27)/t20-/m1/s1. The fraction of sp³-hybridized carbons (Fsp3) is 0.636. The highest BCUT2D eigenvalue weighted by atomic mass is 16.5. The number of amides is 2. The normalized spacial score (nSPS) is 20.9. The lowest BCUT2D eigenvalue weighted by Gasteiger charge is -2.36. The molecule has 2 amide bonds. The van der Waals surface area contributed by atoms with E-state index in [1.165, 1.54) is 0 Å². The molecule has 1 N–H and O–H groups in total. The Morgan fingerprint density at radius 3 is 2.69 bits per heavy atom. The zero-order valence-electron chi connectivity index (χ0n) is 17.6. The molecule has 2 heterocycles. The minimum atomic E-state index is -0.431. The number of piperazine rings is 1. The molecule has 2 aliphatic heterocycles. The molecular formula is C22H33N3O4. The highest BCUT2D eigenvalue weighted by Gasteiger charge is 2.32. The quantitative estimate of drug-likeness (QED) is 0.715. The minimum Gasteiger partial charge on any atom is -0.494 e. The first kappa shape index (κ1) is 21.6. The van der Waals surface area contributed by atoms with E-state index in [-0.39, 0.29) is 18.2 Å². The van der Waals surface area contributed by atoms with Gasteiger partial charge in [0.1, 0.15) is 5.75 Å². The Labute approximate surface area is 173 Å². The molecule has 0 spiro atoms. The van der Waals surface area contributed by atoms with Gasteiger partial charge in [-0.3, -0.25) is 14.5 Å². The van der Waals surface area contributed by atoms with Crippen LogP contribution in [0.5, 0.6) is 5.75 Å². The molecule has 7 heteroatoms. The van der Waals surface area contributed by atoms with Crippen LogP contribution in [0.4, 0.5) is 0 Å². The van der Waals surface area contributed by atoms with Gasteiger partial charge < -0.3 is 19.7 Å². The van der Waals surface area contributed by atoms with Crippen LogP contribution < -0.4 is 10.1 Å². The van der Waals surface area contributed by atoms with Crippen molar-refractivity contribution < 1.29 is 19.1 Å². The van der Waals surface area contributed by atoms with Gasteiger partial charge in [-0.05, 0) is 43.4 Å². The minimum absolute atomic E-state index is 0.0234. The van der Waals surface area contributed by atoms with Crippen LogP contribution in [0.15, 0.2) is 24.3 Å². The average molecular weight is 404 g/mol. The van der Waals surface area contributed by atoms with E-state index in [1.54, 1.807) is 4.90 Å². The Morgan fingerprint density at radius 1 is 1.28 bits per heavy atom. The number of hydrogen-bond donors (Lipinski definition) is 1. The van der Waals surface area contributed by atoms with E-state index in [9.17, 15) is 9.59 Å². The Kier molecular flexibility index (Phi) is 7.89. The van der Waals surface area contributed by atoms with E-state index < -0.39 is 6.04 Å². The zero-order chi connectivity index (χ0) is 20.6. The number of ether oxygens (including phenoxy) is 2. The highest BCUT2D eigenvalue weighted by molar-refractivity contribution is 5.88.